The Kier molecular flexibility index (Phi) is 15.9. The lowest BCUT2D eigenvalue weighted by Crippen LogP contribution is -2.14. The number of esters is 1. The number of aliphatic hydroxyl groups excluding tert-OH is 1. The predicted octanol–water partition coefficient (Wildman–Crippen LogP) is 3.46. The topological polar surface area (TPSA) is 55.8 Å². The number of carbonyl (C=O) groups excluding carboxylic acids is 1. The lowest BCUT2D eigenvalue weighted by Gasteiger charge is -2.05. The number of carbonyl (C=O) groups is 1. The molecule has 0 bridgehead atoms. The van der Waals surface area contributed by atoms with Crippen molar-refractivity contribution in [2.45, 2.75) is 71.1 Å². The maximum atomic E-state index is 11.1. The van der Waals surface area contributed by atoms with Crippen molar-refractivity contribution in [3.63, 3.8) is 0 Å². The standard InChI is InChI=1S/C16H32O4/c1-2-3-4-5-6-7-8-9-10-11-13-20-16(18)15-19-14-12-17/h17H,2-15H2,1H3. The zero-order valence-corrected chi connectivity index (χ0v) is 13.1. The molecule has 0 saturated heterocycles. The number of ether oxygens (including phenoxy) is 2. The average Bonchev–Trinajstić information content (AvgIpc) is 2.45. The Morgan fingerprint density at radius 1 is 0.850 bits per heavy atom. The Bertz CT molecular complexity index is 207. The van der Waals surface area contributed by atoms with E-state index < -0.39 is 0 Å². The van der Waals surface area contributed by atoms with Gasteiger partial charge in [0.15, 0.2) is 0 Å². The van der Waals surface area contributed by atoms with Gasteiger partial charge in [0.2, 0.25) is 0 Å². The van der Waals surface area contributed by atoms with Gasteiger partial charge in [0.1, 0.15) is 6.61 Å². The van der Waals surface area contributed by atoms with E-state index in [1.165, 1.54) is 51.4 Å². The summed E-state index contributed by atoms with van der Waals surface area (Å²) in [5.74, 6) is -0.339. The molecule has 1 N–H and O–H groups in total. The molecule has 0 aromatic heterocycles. The van der Waals surface area contributed by atoms with Crippen LogP contribution in [0.3, 0.4) is 0 Å². The first-order valence-corrected chi connectivity index (χ1v) is 8.15. The SMILES string of the molecule is CCCCCCCCCCCCOC(=O)COCCO. The van der Waals surface area contributed by atoms with Crippen LogP contribution >= 0.6 is 0 Å². The van der Waals surface area contributed by atoms with E-state index >= 15 is 0 Å². The van der Waals surface area contributed by atoms with Crippen molar-refractivity contribution < 1.29 is 19.4 Å². The number of hydrogen-bond acceptors (Lipinski definition) is 4. The Hall–Kier alpha value is -0.610. The third kappa shape index (κ3) is 15.4. The van der Waals surface area contributed by atoms with Gasteiger partial charge in [0.05, 0.1) is 19.8 Å². The molecular formula is C16H32O4. The predicted molar refractivity (Wildman–Crippen MR) is 80.7 cm³/mol. The van der Waals surface area contributed by atoms with E-state index in [4.69, 9.17) is 14.6 Å². The molecule has 0 aromatic rings. The molecule has 0 heterocycles. The zero-order chi connectivity index (χ0) is 14.9. The highest BCUT2D eigenvalue weighted by Gasteiger charge is 2.01. The molecule has 120 valence electrons. The van der Waals surface area contributed by atoms with Gasteiger partial charge in [-0.05, 0) is 6.42 Å². The van der Waals surface area contributed by atoms with Gasteiger partial charge >= 0.3 is 5.97 Å². The lowest BCUT2D eigenvalue weighted by atomic mass is 10.1. The van der Waals surface area contributed by atoms with Crippen molar-refractivity contribution in [2.75, 3.05) is 26.4 Å². The fourth-order valence-corrected chi connectivity index (χ4v) is 2.04. The molecule has 4 heteroatoms. The van der Waals surface area contributed by atoms with Crippen LogP contribution in [-0.2, 0) is 14.3 Å². The van der Waals surface area contributed by atoms with E-state index in [2.05, 4.69) is 6.92 Å². The summed E-state index contributed by atoms with van der Waals surface area (Å²) in [6.07, 6.45) is 12.7. The van der Waals surface area contributed by atoms with E-state index in [0.29, 0.717) is 6.61 Å². The van der Waals surface area contributed by atoms with Crippen LogP contribution in [0.15, 0.2) is 0 Å². The van der Waals surface area contributed by atoms with Gasteiger partial charge in [-0.2, -0.15) is 0 Å². The number of hydrogen-bond donors (Lipinski definition) is 1. The van der Waals surface area contributed by atoms with Crippen molar-refractivity contribution in [2.24, 2.45) is 0 Å². The van der Waals surface area contributed by atoms with Gasteiger partial charge in [0, 0.05) is 0 Å². The lowest BCUT2D eigenvalue weighted by molar-refractivity contribution is -0.149. The summed E-state index contributed by atoms with van der Waals surface area (Å²) in [7, 11) is 0. The highest BCUT2D eigenvalue weighted by atomic mass is 16.6. The largest absolute Gasteiger partial charge is 0.464 e. The molecule has 0 radical (unpaired) electrons. The smallest absolute Gasteiger partial charge is 0.332 e. The molecule has 0 rings (SSSR count). The number of unbranched alkanes of at least 4 members (excludes halogenated alkanes) is 9. The van der Waals surface area contributed by atoms with Crippen LogP contribution in [0.5, 0.6) is 0 Å². The Labute approximate surface area is 123 Å². The fourth-order valence-electron chi connectivity index (χ4n) is 2.04. The molecule has 0 amide bonds. The molecular weight excluding hydrogens is 256 g/mol. The second-order valence-electron chi connectivity index (χ2n) is 5.18. The Balaban J connectivity index is 3.07. The van der Waals surface area contributed by atoms with E-state index in [-0.39, 0.29) is 25.8 Å². The van der Waals surface area contributed by atoms with Crippen LogP contribution in [-0.4, -0.2) is 37.5 Å². The van der Waals surface area contributed by atoms with Crippen molar-refractivity contribution in [3.8, 4) is 0 Å². The maximum Gasteiger partial charge on any atom is 0.332 e. The summed E-state index contributed by atoms with van der Waals surface area (Å²) in [5, 5.41) is 8.48. The first-order chi connectivity index (χ1) is 9.81. The maximum absolute atomic E-state index is 11.1. The zero-order valence-electron chi connectivity index (χ0n) is 13.1. The van der Waals surface area contributed by atoms with Crippen molar-refractivity contribution in [3.05, 3.63) is 0 Å². The quantitative estimate of drug-likeness (QED) is 0.370. The molecule has 0 saturated carbocycles. The van der Waals surface area contributed by atoms with Crippen molar-refractivity contribution in [1.82, 2.24) is 0 Å². The Morgan fingerprint density at radius 3 is 1.95 bits per heavy atom. The molecule has 0 aliphatic carbocycles. The number of aliphatic hydroxyl groups is 1. The van der Waals surface area contributed by atoms with Gasteiger partial charge in [-0.15, -0.1) is 0 Å². The minimum Gasteiger partial charge on any atom is -0.464 e. The minimum atomic E-state index is -0.339. The van der Waals surface area contributed by atoms with Crippen LogP contribution in [0.4, 0.5) is 0 Å². The van der Waals surface area contributed by atoms with E-state index in [0.717, 1.165) is 12.8 Å². The van der Waals surface area contributed by atoms with Crippen molar-refractivity contribution in [1.29, 1.82) is 0 Å². The van der Waals surface area contributed by atoms with E-state index in [1.807, 2.05) is 0 Å². The van der Waals surface area contributed by atoms with Gasteiger partial charge < -0.3 is 14.6 Å². The normalized spacial score (nSPS) is 10.7. The second kappa shape index (κ2) is 16.4. The third-order valence-corrected chi connectivity index (χ3v) is 3.22. The summed E-state index contributed by atoms with van der Waals surface area (Å²) in [6, 6.07) is 0. The molecule has 20 heavy (non-hydrogen) atoms. The summed E-state index contributed by atoms with van der Waals surface area (Å²) >= 11 is 0. The summed E-state index contributed by atoms with van der Waals surface area (Å²) in [6.45, 7) is 2.79. The first-order valence-electron chi connectivity index (χ1n) is 8.15. The van der Waals surface area contributed by atoms with Crippen LogP contribution in [0, 0.1) is 0 Å². The summed E-state index contributed by atoms with van der Waals surface area (Å²) in [5.41, 5.74) is 0. The van der Waals surface area contributed by atoms with Gasteiger partial charge in [0.25, 0.3) is 0 Å². The van der Waals surface area contributed by atoms with Gasteiger partial charge in [-0.25, -0.2) is 4.79 Å². The molecule has 0 atom stereocenters. The molecule has 0 unspecified atom stereocenters. The highest BCUT2D eigenvalue weighted by molar-refractivity contribution is 5.70. The molecule has 0 aliphatic rings. The summed E-state index contributed by atoms with van der Waals surface area (Å²) in [4.78, 5) is 11.1. The molecule has 0 fully saturated rings. The van der Waals surface area contributed by atoms with Crippen LogP contribution in [0.1, 0.15) is 71.1 Å². The van der Waals surface area contributed by atoms with Crippen LogP contribution in [0.2, 0.25) is 0 Å². The monoisotopic (exact) mass is 288 g/mol. The minimum absolute atomic E-state index is 0.0572. The Morgan fingerprint density at radius 2 is 1.40 bits per heavy atom. The van der Waals surface area contributed by atoms with Crippen molar-refractivity contribution >= 4 is 5.97 Å². The third-order valence-electron chi connectivity index (χ3n) is 3.22. The molecule has 0 aromatic carbocycles. The van der Waals surface area contributed by atoms with Crippen LogP contribution in [0.25, 0.3) is 0 Å². The van der Waals surface area contributed by atoms with E-state index in [1.54, 1.807) is 0 Å². The van der Waals surface area contributed by atoms with E-state index in [9.17, 15) is 4.79 Å². The highest BCUT2D eigenvalue weighted by Crippen LogP contribution is 2.10. The fraction of sp³-hybridized carbons (Fsp3) is 0.938. The second-order valence-corrected chi connectivity index (χ2v) is 5.18. The number of rotatable bonds is 15. The first kappa shape index (κ1) is 19.4. The van der Waals surface area contributed by atoms with Gasteiger partial charge in [-0.1, -0.05) is 64.7 Å². The average molecular weight is 288 g/mol. The molecule has 0 aliphatic heterocycles. The molecule has 4 nitrogen and oxygen atoms in total. The van der Waals surface area contributed by atoms with Crippen LogP contribution < -0.4 is 0 Å². The summed E-state index contributed by atoms with van der Waals surface area (Å²) < 4.78 is 9.89. The molecule has 0 spiro atoms. The van der Waals surface area contributed by atoms with Gasteiger partial charge in [-0.3, -0.25) is 0 Å².